The smallest absolute Gasteiger partial charge is 0.233 e. The lowest BCUT2D eigenvalue weighted by Gasteiger charge is -2.10. The van der Waals surface area contributed by atoms with Gasteiger partial charge in [0, 0.05) is 5.69 Å². The van der Waals surface area contributed by atoms with E-state index in [1.807, 2.05) is 0 Å². The van der Waals surface area contributed by atoms with Gasteiger partial charge in [0.05, 0.1) is 12.0 Å². The largest absolute Gasteiger partial charge is 0.348 e. The lowest BCUT2D eigenvalue weighted by Crippen LogP contribution is -2.40. The van der Waals surface area contributed by atoms with Crippen molar-refractivity contribution in [3.05, 3.63) is 90.4 Å². The minimum absolute atomic E-state index is 0.356. The van der Waals surface area contributed by atoms with Crippen LogP contribution in [0.2, 0.25) is 0 Å². The predicted octanol–water partition coefficient (Wildman–Crippen LogP) is 5.36. The summed E-state index contributed by atoms with van der Waals surface area (Å²) in [5.74, 6) is 2.90. The molecule has 1 heterocycles. The van der Waals surface area contributed by atoms with E-state index < -0.39 is 0 Å². The molecule has 0 radical (unpaired) electrons. The fourth-order valence-electron chi connectivity index (χ4n) is 3.34. The van der Waals surface area contributed by atoms with E-state index >= 15 is 0 Å². The van der Waals surface area contributed by atoms with Gasteiger partial charge in [-0.05, 0) is 18.8 Å². The van der Waals surface area contributed by atoms with Crippen molar-refractivity contribution in [1.29, 1.82) is 0 Å². The Hall–Kier alpha value is -2.55. The molecule has 152 valence electrons. The third-order valence-corrected chi connectivity index (χ3v) is 4.80. The molecule has 0 aliphatic carbocycles. The zero-order chi connectivity index (χ0) is 20.9. The van der Waals surface area contributed by atoms with Crippen molar-refractivity contribution in [1.82, 2.24) is 9.97 Å². The molecule has 0 spiro atoms. The van der Waals surface area contributed by atoms with Gasteiger partial charge in [0.1, 0.15) is 0 Å². The Morgan fingerprint density at radius 3 is 1.90 bits per heavy atom. The van der Waals surface area contributed by atoms with Gasteiger partial charge in [-0.2, -0.15) is 0 Å². The molecule has 0 fully saturated rings. The van der Waals surface area contributed by atoms with Crippen molar-refractivity contribution in [2.45, 2.75) is 53.4 Å². The molecular formula is C26H35BN2. The quantitative estimate of drug-likeness (QED) is 0.519. The number of aromatic nitrogens is 2. The molecule has 29 heavy (non-hydrogen) atoms. The lowest BCUT2D eigenvalue weighted by atomic mass is 9.40. The molecule has 1 aromatic heterocycles. The molecular weight excluding hydrogens is 351 g/mol. The minimum atomic E-state index is 0.356. The van der Waals surface area contributed by atoms with Crippen molar-refractivity contribution >= 4 is 17.6 Å². The summed E-state index contributed by atoms with van der Waals surface area (Å²) in [4.78, 5) is 7.45. The van der Waals surface area contributed by atoms with E-state index in [9.17, 15) is 0 Å². The number of rotatable bonds is 8. The Balaban J connectivity index is 0.000000234. The topological polar surface area (TPSA) is 28.7 Å². The molecule has 0 saturated carbocycles. The molecule has 0 amide bonds. The van der Waals surface area contributed by atoms with Gasteiger partial charge in [-0.1, -0.05) is 118 Å². The summed E-state index contributed by atoms with van der Waals surface area (Å²) in [6.07, 6.45) is 8.70. The number of nitrogens with zero attached hydrogens (tertiary/aromatic N) is 1. The van der Waals surface area contributed by atoms with Gasteiger partial charge in [0.25, 0.3) is 0 Å². The maximum absolute atomic E-state index is 4.27. The number of imidazole rings is 1. The van der Waals surface area contributed by atoms with Crippen LogP contribution in [-0.4, -0.2) is 16.7 Å². The zero-order valence-corrected chi connectivity index (χ0v) is 18.4. The first-order valence-corrected chi connectivity index (χ1v) is 10.9. The average molecular weight is 386 g/mol. The fraction of sp³-hybridized carbons (Fsp3) is 0.346. The van der Waals surface area contributed by atoms with Gasteiger partial charge in [0.15, 0.2) is 0 Å². The number of allylic oxidation sites excluding steroid dienone is 1. The van der Waals surface area contributed by atoms with Gasteiger partial charge >= 0.3 is 0 Å². The van der Waals surface area contributed by atoms with E-state index in [0.29, 0.717) is 12.6 Å². The van der Waals surface area contributed by atoms with Gasteiger partial charge in [-0.3, -0.25) is 0 Å². The van der Waals surface area contributed by atoms with Gasteiger partial charge in [-0.25, -0.2) is 4.98 Å². The number of hydrogen-bond donors (Lipinski definition) is 1. The second-order valence-electron chi connectivity index (χ2n) is 7.76. The number of aromatic amines is 1. The van der Waals surface area contributed by atoms with Crippen LogP contribution in [0, 0.1) is 5.92 Å². The molecule has 1 N–H and O–H groups in total. The summed E-state index contributed by atoms with van der Waals surface area (Å²) < 4.78 is 0. The Kier molecular flexibility index (Phi) is 10.1. The van der Waals surface area contributed by atoms with Crippen LogP contribution in [-0.2, 0) is 12.8 Å². The van der Waals surface area contributed by atoms with Crippen molar-refractivity contribution in [3.8, 4) is 0 Å². The molecule has 3 heteroatoms. The van der Waals surface area contributed by atoms with Gasteiger partial charge < -0.3 is 4.98 Å². The van der Waals surface area contributed by atoms with Crippen molar-refractivity contribution < 1.29 is 0 Å². The SMILES string of the molecule is CC(C)C=CB(c1ccccc1)c1ccccc1.CCCc1nc[nH]c1CCC. The third kappa shape index (κ3) is 7.77. The zero-order valence-electron chi connectivity index (χ0n) is 18.4. The van der Waals surface area contributed by atoms with Crippen LogP contribution in [0.5, 0.6) is 0 Å². The number of nitrogens with one attached hydrogen (secondary N) is 1. The van der Waals surface area contributed by atoms with Crippen LogP contribution in [0.15, 0.2) is 79.0 Å². The van der Waals surface area contributed by atoms with Crippen molar-refractivity contribution in [3.63, 3.8) is 0 Å². The Bertz CT molecular complexity index is 762. The monoisotopic (exact) mass is 386 g/mol. The number of hydrogen-bond acceptors (Lipinski definition) is 1. The number of aryl methyl sites for hydroxylation is 2. The van der Waals surface area contributed by atoms with E-state index in [2.05, 4.69) is 110 Å². The lowest BCUT2D eigenvalue weighted by molar-refractivity contribution is 0.831. The highest BCUT2D eigenvalue weighted by Gasteiger charge is 2.14. The molecule has 0 saturated heterocycles. The Morgan fingerprint density at radius 2 is 1.41 bits per heavy atom. The molecule has 2 aromatic carbocycles. The van der Waals surface area contributed by atoms with Crippen LogP contribution >= 0.6 is 0 Å². The highest BCUT2D eigenvalue weighted by Crippen LogP contribution is 2.07. The van der Waals surface area contributed by atoms with Gasteiger partial charge in [0.2, 0.25) is 6.71 Å². The normalized spacial score (nSPS) is 10.8. The Labute approximate surface area is 177 Å². The Morgan fingerprint density at radius 1 is 0.862 bits per heavy atom. The summed E-state index contributed by atoms with van der Waals surface area (Å²) in [5, 5.41) is 0. The van der Waals surface area contributed by atoms with E-state index in [-0.39, 0.29) is 0 Å². The first kappa shape index (κ1) is 22.7. The minimum Gasteiger partial charge on any atom is -0.348 e. The van der Waals surface area contributed by atoms with Crippen LogP contribution in [0.1, 0.15) is 51.9 Å². The summed E-state index contributed by atoms with van der Waals surface area (Å²) in [6.45, 7) is 9.16. The molecule has 0 aliphatic rings. The summed E-state index contributed by atoms with van der Waals surface area (Å²) in [5.41, 5.74) is 5.28. The van der Waals surface area contributed by atoms with E-state index in [4.69, 9.17) is 0 Å². The number of benzene rings is 2. The molecule has 0 unspecified atom stereocenters. The molecule has 0 bridgehead atoms. The standard InChI is InChI=1S/C17H19B.C9H16N2/c1-15(2)13-14-18(16-9-5-3-6-10-16)17-11-7-4-8-12-17;1-3-5-8-9(6-4-2)11-7-10-8/h3-15H,1-2H3;7H,3-6H2,1-2H3,(H,10,11). The van der Waals surface area contributed by atoms with Crippen LogP contribution in [0.4, 0.5) is 0 Å². The maximum atomic E-state index is 4.27. The van der Waals surface area contributed by atoms with E-state index in [1.54, 1.807) is 6.33 Å². The summed E-state index contributed by atoms with van der Waals surface area (Å²) in [6, 6.07) is 21.3. The summed E-state index contributed by atoms with van der Waals surface area (Å²) in [7, 11) is 0. The van der Waals surface area contributed by atoms with Gasteiger partial charge in [-0.15, -0.1) is 5.98 Å². The fourth-order valence-corrected chi connectivity index (χ4v) is 3.34. The first-order valence-electron chi connectivity index (χ1n) is 10.9. The molecule has 3 aromatic rings. The first-order chi connectivity index (χ1) is 14.2. The maximum Gasteiger partial charge on any atom is 0.233 e. The molecule has 3 rings (SSSR count). The predicted molar refractivity (Wildman–Crippen MR) is 128 cm³/mol. The van der Waals surface area contributed by atoms with Crippen LogP contribution in [0.25, 0.3) is 0 Å². The van der Waals surface area contributed by atoms with Crippen molar-refractivity contribution in [2.75, 3.05) is 0 Å². The average Bonchev–Trinajstić information content (AvgIpc) is 3.18. The molecule has 0 aliphatic heterocycles. The highest BCUT2D eigenvalue weighted by molar-refractivity contribution is 6.89. The van der Waals surface area contributed by atoms with E-state index in [0.717, 1.165) is 12.8 Å². The highest BCUT2D eigenvalue weighted by atomic mass is 14.9. The number of H-pyrrole nitrogens is 1. The van der Waals surface area contributed by atoms with Crippen molar-refractivity contribution in [2.24, 2.45) is 5.92 Å². The third-order valence-electron chi connectivity index (χ3n) is 4.80. The second-order valence-corrected chi connectivity index (χ2v) is 7.76. The van der Waals surface area contributed by atoms with E-state index in [1.165, 1.54) is 35.2 Å². The molecule has 0 atom stereocenters. The summed E-state index contributed by atoms with van der Waals surface area (Å²) >= 11 is 0. The molecule has 2 nitrogen and oxygen atoms in total. The van der Waals surface area contributed by atoms with Crippen LogP contribution in [0.3, 0.4) is 0 Å². The van der Waals surface area contributed by atoms with Crippen LogP contribution < -0.4 is 10.9 Å². The second kappa shape index (κ2) is 12.8.